The van der Waals surface area contributed by atoms with Crippen molar-refractivity contribution in [2.45, 2.75) is 19.3 Å². The summed E-state index contributed by atoms with van der Waals surface area (Å²) < 4.78 is 6.64. The molecular weight excluding hydrogens is 599 g/mol. The largest absolute Gasteiger partial charge is 0.460 e. The van der Waals surface area contributed by atoms with E-state index in [4.69, 9.17) is 15.3 Å². The smallest absolute Gasteiger partial charge is 0.153 e. The van der Waals surface area contributed by atoms with Crippen molar-refractivity contribution in [1.82, 2.24) is 0 Å². The molecule has 0 aliphatic heterocycles. The minimum Gasteiger partial charge on any atom is -0.460 e. The summed E-state index contributed by atoms with van der Waals surface area (Å²) in [6.07, 6.45) is 4.58. The maximum Gasteiger partial charge on any atom is 0.153 e. The highest BCUT2D eigenvalue weighted by atomic mass is 16.3. The van der Waals surface area contributed by atoms with Gasteiger partial charge in [-0.1, -0.05) is 140 Å². The molecule has 0 atom stereocenters. The maximum absolute atomic E-state index is 6.64. The molecule has 1 aromatic heterocycles. The fraction of sp³-hybridized carbons (Fsp3) is 0.0667. The molecule has 9 rings (SSSR count). The van der Waals surface area contributed by atoms with E-state index >= 15 is 0 Å². The van der Waals surface area contributed by atoms with Crippen LogP contribution in [0.1, 0.15) is 28.9 Å². The monoisotopic (exact) mass is 631 g/mol. The highest BCUT2D eigenvalue weighted by Gasteiger charge is 2.26. The molecule has 0 spiro atoms. The number of amidine groups is 1. The summed E-state index contributed by atoms with van der Waals surface area (Å²) in [5.41, 5.74) is 14.7. The van der Waals surface area contributed by atoms with Gasteiger partial charge >= 0.3 is 0 Å². The number of fused-ring (bicyclic) bond motifs is 7. The second kappa shape index (κ2) is 12.1. The molecule has 0 amide bonds. The number of rotatable bonds is 6. The molecule has 1 heterocycles. The summed E-state index contributed by atoms with van der Waals surface area (Å²) in [4.78, 5) is 0. The molecule has 4 nitrogen and oxygen atoms in total. The van der Waals surface area contributed by atoms with Crippen molar-refractivity contribution in [1.29, 1.82) is 0 Å². The van der Waals surface area contributed by atoms with Gasteiger partial charge in [0, 0.05) is 34.9 Å². The van der Waals surface area contributed by atoms with Crippen molar-refractivity contribution < 1.29 is 4.42 Å². The zero-order chi connectivity index (χ0) is 32.7. The minimum atomic E-state index is 0.384. The predicted molar refractivity (Wildman–Crippen MR) is 205 cm³/mol. The Morgan fingerprint density at radius 3 is 2.24 bits per heavy atom. The van der Waals surface area contributed by atoms with E-state index in [2.05, 4.69) is 126 Å². The lowest BCUT2D eigenvalue weighted by molar-refractivity contribution is 0.546. The van der Waals surface area contributed by atoms with Crippen molar-refractivity contribution >= 4 is 60.4 Å². The lowest BCUT2D eigenvalue weighted by atomic mass is 9.86. The second-order valence-electron chi connectivity index (χ2n) is 12.7. The van der Waals surface area contributed by atoms with Crippen molar-refractivity contribution in [3.05, 3.63) is 174 Å². The Bertz CT molecular complexity index is 2640. The van der Waals surface area contributed by atoms with Crippen LogP contribution < -0.4 is 5.73 Å². The molecule has 2 N–H and O–H groups in total. The normalized spacial score (nSPS) is 13.7. The van der Waals surface area contributed by atoms with Gasteiger partial charge in [0.05, 0.1) is 5.71 Å². The van der Waals surface area contributed by atoms with Crippen molar-refractivity contribution in [3.8, 4) is 11.1 Å². The lowest BCUT2D eigenvalue weighted by Crippen LogP contribution is -2.14. The first-order valence-corrected chi connectivity index (χ1v) is 16.8. The molecule has 1 aliphatic rings. The number of allylic oxidation sites excluding steroid dienone is 2. The Labute approximate surface area is 284 Å². The van der Waals surface area contributed by atoms with Gasteiger partial charge in [0.25, 0.3) is 0 Å². The Hall–Kier alpha value is -6.26. The van der Waals surface area contributed by atoms with Gasteiger partial charge in [-0.05, 0) is 67.6 Å². The average Bonchev–Trinajstić information content (AvgIpc) is 3.56. The maximum atomic E-state index is 6.64. The van der Waals surface area contributed by atoms with Crippen molar-refractivity contribution in [2.24, 2.45) is 15.9 Å². The highest BCUT2D eigenvalue weighted by molar-refractivity contribution is 6.29. The zero-order valence-electron chi connectivity index (χ0n) is 26.9. The van der Waals surface area contributed by atoms with Gasteiger partial charge in [0.15, 0.2) is 5.84 Å². The number of nitrogens with two attached hydrogens (primary N) is 1. The fourth-order valence-electron chi connectivity index (χ4n) is 7.29. The number of nitrogens with zero attached hydrogens (tertiary/aromatic N) is 2. The summed E-state index contributed by atoms with van der Waals surface area (Å²) in [5, 5.41) is 18.0. The van der Waals surface area contributed by atoms with Crippen LogP contribution in [-0.2, 0) is 12.8 Å². The van der Waals surface area contributed by atoms with E-state index < -0.39 is 0 Å². The van der Waals surface area contributed by atoms with Gasteiger partial charge in [0.1, 0.15) is 11.3 Å². The molecule has 4 heteroatoms. The van der Waals surface area contributed by atoms with E-state index in [1.807, 2.05) is 30.3 Å². The molecule has 0 saturated heterocycles. The second-order valence-corrected chi connectivity index (χ2v) is 12.7. The minimum absolute atomic E-state index is 0.384. The Morgan fingerprint density at radius 2 is 1.37 bits per heavy atom. The van der Waals surface area contributed by atoms with Gasteiger partial charge in [-0.2, -0.15) is 5.10 Å². The topological polar surface area (TPSA) is 63.9 Å². The SMILES string of the molecule is NC(=N/N=C(\Cc1ccc2ccccc2c1)C1=CCCc2oc3cccc(-c4ccc5ccc6ccccc6c5c4)c3c21)c1ccccc1. The predicted octanol–water partition coefficient (Wildman–Crippen LogP) is 10.9. The number of furan rings is 1. The fourth-order valence-corrected chi connectivity index (χ4v) is 7.29. The van der Waals surface area contributed by atoms with Gasteiger partial charge in [-0.3, -0.25) is 0 Å². The van der Waals surface area contributed by atoms with Crippen LogP contribution >= 0.6 is 0 Å². The third kappa shape index (κ3) is 5.28. The molecular formula is C45H33N3O. The van der Waals surface area contributed by atoms with Crippen LogP contribution in [0.15, 0.2) is 166 Å². The first-order chi connectivity index (χ1) is 24.2. The van der Waals surface area contributed by atoms with Gasteiger partial charge in [0.2, 0.25) is 0 Å². The van der Waals surface area contributed by atoms with Crippen LogP contribution in [0.25, 0.3) is 60.0 Å². The summed E-state index contributed by atoms with van der Waals surface area (Å²) in [7, 11) is 0. The quantitative estimate of drug-likeness (QED) is 0.0859. The molecule has 0 bridgehead atoms. The van der Waals surface area contributed by atoms with Crippen LogP contribution in [0.3, 0.4) is 0 Å². The van der Waals surface area contributed by atoms with Gasteiger partial charge in [-0.25, -0.2) is 0 Å². The van der Waals surface area contributed by atoms with Crippen LogP contribution in [0.2, 0.25) is 0 Å². The third-order valence-corrected chi connectivity index (χ3v) is 9.68. The Kier molecular flexibility index (Phi) is 7.13. The summed E-state index contributed by atoms with van der Waals surface area (Å²) >= 11 is 0. The van der Waals surface area contributed by atoms with Crippen molar-refractivity contribution in [2.75, 3.05) is 0 Å². The molecule has 0 saturated carbocycles. The van der Waals surface area contributed by atoms with E-state index in [9.17, 15) is 0 Å². The summed E-state index contributed by atoms with van der Waals surface area (Å²) in [6.45, 7) is 0. The third-order valence-electron chi connectivity index (χ3n) is 9.68. The Morgan fingerprint density at radius 1 is 0.633 bits per heavy atom. The van der Waals surface area contributed by atoms with Gasteiger partial charge < -0.3 is 10.2 Å². The molecule has 7 aromatic carbocycles. The van der Waals surface area contributed by atoms with Crippen LogP contribution in [0.5, 0.6) is 0 Å². The molecule has 0 fully saturated rings. The summed E-state index contributed by atoms with van der Waals surface area (Å²) in [5.74, 6) is 1.37. The zero-order valence-corrected chi connectivity index (χ0v) is 26.9. The number of benzene rings is 7. The molecule has 0 unspecified atom stereocenters. The standard InChI is InChI=1S/C45H33N3O/c46-45(33-12-2-1-3-13-33)48-47-40(27-29-20-21-30-10-4-5-14-34(30)26-29)38-17-9-19-42-44(38)43-37(16-8-18-41(43)49-42)35-25-24-32-23-22-31-11-6-7-15-36(31)39(32)28-35/h1-8,10-18,20-26,28H,9,19,27H2,(H2,46,48)/b47-40+. The van der Waals surface area contributed by atoms with E-state index in [0.717, 1.165) is 68.7 Å². The molecule has 49 heavy (non-hydrogen) atoms. The molecule has 234 valence electrons. The number of hydrogen-bond donors (Lipinski definition) is 1. The van der Waals surface area contributed by atoms with Crippen molar-refractivity contribution in [3.63, 3.8) is 0 Å². The Balaban J connectivity index is 1.22. The van der Waals surface area contributed by atoms with Crippen LogP contribution in [0, 0.1) is 0 Å². The average molecular weight is 632 g/mol. The van der Waals surface area contributed by atoms with E-state index in [-0.39, 0.29) is 0 Å². The van der Waals surface area contributed by atoms with E-state index in [0.29, 0.717) is 12.3 Å². The number of aryl methyl sites for hydroxylation is 1. The van der Waals surface area contributed by atoms with E-state index in [1.165, 1.54) is 32.3 Å². The molecule has 0 radical (unpaired) electrons. The molecule has 8 aromatic rings. The van der Waals surface area contributed by atoms with Gasteiger partial charge in [-0.15, -0.1) is 5.10 Å². The lowest BCUT2D eigenvalue weighted by Gasteiger charge is -2.17. The highest BCUT2D eigenvalue weighted by Crippen LogP contribution is 2.43. The first kappa shape index (κ1) is 28.9. The molecule has 1 aliphatic carbocycles. The van der Waals surface area contributed by atoms with E-state index in [1.54, 1.807) is 0 Å². The first-order valence-electron chi connectivity index (χ1n) is 16.8. The summed E-state index contributed by atoms with van der Waals surface area (Å²) in [6, 6.07) is 51.0. The number of hydrogen-bond acceptors (Lipinski definition) is 3. The van der Waals surface area contributed by atoms with Crippen LogP contribution in [0.4, 0.5) is 0 Å². The van der Waals surface area contributed by atoms with Crippen LogP contribution in [-0.4, -0.2) is 11.5 Å².